The van der Waals surface area contributed by atoms with Crippen LogP contribution < -0.4 is 4.74 Å². The first-order valence-electron chi connectivity index (χ1n) is 5.45. The van der Waals surface area contributed by atoms with Gasteiger partial charge in [0.2, 0.25) is 0 Å². The lowest BCUT2D eigenvalue weighted by atomic mass is 9.97. The normalized spacial score (nSPS) is 19.1. The van der Waals surface area contributed by atoms with Crippen molar-refractivity contribution in [1.29, 1.82) is 0 Å². The summed E-state index contributed by atoms with van der Waals surface area (Å²) in [6, 6.07) is 5.95. The van der Waals surface area contributed by atoms with Gasteiger partial charge >= 0.3 is 0 Å². The monoisotopic (exact) mass is 202 g/mol. The second kappa shape index (κ2) is 3.38. The molecule has 1 aliphatic carbocycles. The second-order valence-corrected chi connectivity index (χ2v) is 4.23. The van der Waals surface area contributed by atoms with E-state index in [0.29, 0.717) is 6.61 Å². The van der Waals surface area contributed by atoms with E-state index in [2.05, 4.69) is 12.1 Å². The quantitative estimate of drug-likeness (QED) is 0.797. The Hall–Kier alpha value is -1.28. The first-order chi connectivity index (χ1) is 7.38. The van der Waals surface area contributed by atoms with Gasteiger partial charge in [0.1, 0.15) is 12.4 Å². The van der Waals surface area contributed by atoms with Crippen molar-refractivity contribution in [3.8, 4) is 5.75 Å². The van der Waals surface area contributed by atoms with Crippen LogP contribution in [0.4, 0.5) is 0 Å². The van der Waals surface area contributed by atoms with Crippen LogP contribution in [0, 0.1) is 5.92 Å². The summed E-state index contributed by atoms with van der Waals surface area (Å²) in [6.45, 7) is 0.794. The van der Waals surface area contributed by atoms with E-state index in [1.165, 1.54) is 24.0 Å². The molecule has 1 fully saturated rings. The Morgan fingerprint density at radius 3 is 2.93 bits per heavy atom. The number of rotatable bonds is 2. The van der Waals surface area contributed by atoms with E-state index in [9.17, 15) is 0 Å². The SMILES string of the molecule is OCc1ccc2c(c1)C(C1CC1)=CCO2. The van der Waals surface area contributed by atoms with Crippen LogP contribution in [0.5, 0.6) is 5.75 Å². The van der Waals surface area contributed by atoms with E-state index in [0.717, 1.165) is 17.2 Å². The first-order valence-corrected chi connectivity index (χ1v) is 5.45. The third-order valence-corrected chi connectivity index (χ3v) is 3.10. The van der Waals surface area contributed by atoms with Crippen molar-refractivity contribution in [2.24, 2.45) is 5.92 Å². The Bertz CT molecular complexity index is 417. The average Bonchev–Trinajstić information content (AvgIpc) is 3.11. The summed E-state index contributed by atoms with van der Waals surface area (Å²) in [7, 11) is 0. The Labute approximate surface area is 89.2 Å². The van der Waals surface area contributed by atoms with Crippen LogP contribution in [0.15, 0.2) is 24.3 Å². The van der Waals surface area contributed by atoms with Gasteiger partial charge in [0.25, 0.3) is 0 Å². The molecular formula is C13H14O2. The van der Waals surface area contributed by atoms with Gasteiger partial charge in [-0.3, -0.25) is 0 Å². The highest BCUT2D eigenvalue weighted by Gasteiger charge is 2.29. The number of allylic oxidation sites excluding steroid dienone is 1. The maximum atomic E-state index is 9.12. The molecule has 15 heavy (non-hydrogen) atoms. The van der Waals surface area contributed by atoms with Crippen LogP contribution in [-0.4, -0.2) is 11.7 Å². The molecule has 1 aromatic rings. The Morgan fingerprint density at radius 1 is 1.33 bits per heavy atom. The van der Waals surface area contributed by atoms with E-state index in [1.54, 1.807) is 0 Å². The van der Waals surface area contributed by atoms with E-state index < -0.39 is 0 Å². The van der Waals surface area contributed by atoms with Crippen molar-refractivity contribution in [2.45, 2.75) is 19.4 Å². The van der Waals surface area contributed by atoms with Crippen molar-refractivity contribution in [3.05, 3.63) is 35.4 Å². The highest BCUT2D eigenvalue weighted by Crippen LogP contribution is 2.46. The molecule has 1 N–H and O–H groups in total. The maximum absolute atomic E-state index is 9.12. The largest absolute Gasteiger partial charge is 0.489 e. The number of ether oxygens (including phenoxy) is 1. The van der Waals surface area contributed by atoms with Gasteiger partial charge in [0.05, 0.1) is 6.61 Å². The summed E-state index contributed by atoms with van der Waals surface area (Å²) in [5.74, 6) is 1.71. The number of hydrogen-bond acceptors (Lipinski definition) is 2. The molecule has 0 saturated heterocycles. The minimum atomic E-state index is 0.102. The van der Waals surface area contributed by atoms with Gasteiger partial charge in [-0.1, -0.05) is 6.07 Å². The average molecular weight is 202 g/mol. The predicted molar refractivity (Wildman–Crippen MR) is 58.6 cm³/mol. The predicted octanol–water partition coefficient (Wildman–Crippen LogP) is 2.36. The molecule has 0 radical (unpaired) electrons. The summed E-state index contributed by atoms with van der Waals surface area (Å²) in [5, 5.41) is 9.12. The lowest BCUT2D eigenvalue weighted by Crippen LogP contribution is -2.06. The molecule has 2 heteroatoms. The van der Waals surface area contributed by atoms with Crippen LogP contribution in [0.2, 0.25) is 0 Å². The van der Waals surface area contributed by atoms with Gasteiger partial charge in [0, 0.05) is 5.56 Å². The lowest BCUT2D eigenvalue weighted by Gasteiger charge is -2.19. The molecule has 0 unspecified atom stereocenters. The summed E-state index contributed by atoms with van der Waals surface area (Å²) in [4.78, 5) is 0. The number of benzene rings is 1. The van der Waals surface area contributed by atoms with E-state index >= 15 is 0 Å². The number of fused-ring (bicyclic) bond motifs is 1. The summed E-state index contributed by atoms with van der Waals surface area (Å²) in [5.41, 5.74) is 3.58. The molecule has 3 rings (SSSR count). The van der Waals surface area contributed by atoms with Crippen LogP contribution in [0.25, 0.3) is 5.57 Å². The minimum Gasteiger partial charge on any atom is -0.489 e. The fraction of sp³-hybridized carbons (Fsp3) is 0.385. The molecule has 78 valence electrons. The Balaban J connectivity index is 2.06. The molecule has 0 atom stereocenters. The molecule has 0 bridgehead atoms. The number of aliphatic hydroxyl groups is 1. The van der Waals surface area contributed by atoms with E-state index in [-0.39, 0.29) is 6.61 Å². The fourth-order valence-electron chi connectivity index (χ4n) is 2.14. The van der Waals surface area contributed by atoms with Crippen LogP contribution in [-0.2, 0) is 6.61 Å². The van der Waals surface area contributed by atoms with Gasteiger partial charge in [-0.2, -0.15) is 0 Å². The Kier molecular flexibility index (Phi) is 2.03. The summed E-state index contributed by atoms with van der Waals surface area (Å²) >= 11 is 0. The third-order valence-electron chi connectivity index (χ3n) is 3.10. The van der Waals surface area contributed by atoms with E-state index in [1.807, 2.05) is 12.1 Å². The smallest absolute Gasteiger partial charge is 0.127 e. The molecule has 0 spiro atoms. The van der Waals surface area contributed by atoms with Crippen molar-refractivity contribution < 1.29 is 9.84 Å². The zero-order valence-electron chi connectivity index (χ0n) is 8.57. The van der Waals surface area contributed by atoms with Crippen molar-refractivity contribution in [3.63, 3.8) is 0 Å². The standard InChI is InChI=1S/C13H14O2/c14-8-9-1-4-13-12(7-9)11(5-6-15-13)10-2-3-10/h1,4-5,7,10,14H,2-3,6,8H2. The fourth-order valence-corrected chi connectivity index (χ4v) is 2.14. The molecule has 1 aromatic carbocycles. The molecule has 1 aliphatic heterocycles. The van der Waals surface area contributed by atoms with Crippen molar-refractivity contribution in [1.82, 2.24) is 0 Å². The minimum absolute atomic E-state index is 0.102. The first kappa shape index (κ1) is 8.98. The topological polar surface area (TPSA) is 29.5 Å². The van der Waals surface area contributed by atoms with Crippen molar-refractivity contribution >= 4 is 5.57 Å². The maximum Gasteiger partial charge on any atom is 0.127 e. The molecular weight excluding hydrogens is 188 g/mol. The van der Waals surface area contributed by atoms with Gasteiger partial charge in [-0.05, 0) is 48.1 Å². The van der Waals surface area contributed by atoms with Gasteiger partial charge in [0.15, 0.2) is 0 Å². The van der Waals surface area contributed by atoms with Crippen LogP contribution >= 0.6 is 0 Å². The van der Waals surface area contributed by atoms with Gasteiger partial charge < -0.3 is 9.84 Å². The van der Waals surface area contributed by atoms with Crippen LogP contribution in [0.3, 0.4) is 0 Å². The molecule has 2 nitrogen and oxygen atoms in total. The highest BCUT2D eigenvalue weighted by molar-refractivity contribution is 5.75. The molecule has 1 saturated carbocycles. The highest BCUT2D eigenvalue weighted by atomic mass is 16.5. The molecule has 1 heterocycles. The molecule has 0 amide bonds. The summed E-state index contributed by atoms with van der Waals surface area (Å²) in [6.07, 6.45) is 4.78. The second-order valence-electron chi connectivity index (χ2n) is 4.23. The third kappa shape index (κ3) is 1.55. The Morgan fingerprint density at radius 2 is 2.20 bits per heavy atom. The van der Waals surface area contributed by atoms with Crippen LogP contribution in [0.1, 0.15) is 24.0 Å². The van der Waals surface area contributed by atoms with Crippen molar-refractivity contribution in [2.75, 3.05) is 6.61 Å². The van der Waals surface area contributed by atoms with E-state index in [4.69, 9.17) is 9.84 Å². The lowest BCUT2D eigenvalue weighted by molar-refractivity contribution is 0.281. The van der Waals surface area contributed by atoms with Gasteiger partial charge in [-0.25, -0.2) is 0 Å². The number of hydrogen-bond donors (Lipinski definition) is 1. The number of aliphatic hydroxyl groups excluding tert-OH is 1. The molecule has 0 aromatic heterocycles. The summed E-state index contributed by atoms with van der Waals surface area (Å²) < 4.78 is 5.57. The van der Waals surface area contributed by atoms with Gasteiger partial charge in [-0.15, -0.1) is 0 Å². The molecule has 2 aliphatic rings. The zero-order valence-corrected chi connectivity index (χ0v) is 8.57. The zero-order chi connectivity index (χ0) is 10.3.